The lowest BCUT2D eigenvalue weighted by molar-refractivity contribution is 0.327. The third-order valence-corrected chi connectivity index (χ3v) is 5.87. The average molecular weight is 349 g/mol. The Morgan fingerprint density at radius 1 is 1.15 bits per heavy atom. The quantitative estimate of drug-likeness (QED) is 0.582. The van der Waals surface area contributed by atoms with Crippen molar-refractivity contribution in [2.45, 2.75) is 45.4 Å². The highest BCUT2D eigenvalue weighted by molar-refractivity contribution is 5.72. The summed E-state index contributed by atoms with van der Waals surface area (Å²) in [7, 11) is 0. The van der Waals surface area contributed by atoms with Crippen LogP contribution in [0.3, 0.4) is 0 Å². The van der Waals surface area contributed by atoms with Gasteiger partial charge in [-0.2, -0.15) is 5.10 Å². The summed E-state index contributed by atoms with van der Waals surface area (Å²) in [6, 6.07) is 0. The lowest BCUT2D eigenvalue weighted by Gasteiger charge is -2.34. The van der Waals surface area contributed by atoms with Crippen molar-refractivity contribution in [2.24, 2.45) is 0 Å². The molecule has 0 spiro atoms. The minimum atomic E-state index is -0.240. The smallest absolute Gasteiger partial charge is 0.262 e. The summed E-state index contributed by atoms with van der Waals surface area (Å²) < 4.78 is 9.88. The first kappa shape index (κ1) is 14.2. The Morgan fingerprint density at radius 3 is 2.73 bits per heavy atom. The van der Waals surface area contributed by atoms with Crippen LogP contribution in [0.15, 0.2) is 23.4 Å². The highest BCUT2D eigenvalue weighted by atomic mass is 16.1. The minimum absolute atomic E-state index is 0.101. The van der Waals surface area contributed by atoms with Gasteiger partial charge in [0.25, 0.3) is 5.56 Å². The zero-order chi connectivity index (χ0) is 18.9. The zero-order valence-electron chi connectivity index (χ0n) is 15.9. The van der Waals surface area contributed by atoms with Gasteiger partial charge in [-0.3, -0.25) is 9.89 Å². The molecule has 7 heteroatoms. The van der Waals surface area contributed by atoms with Gasteiger partial charge in [-0.1, -0.05) is 0 Å². The molecule has 0 unspecified atom stereocenters. The fraction of sp³-hybridized carbons (Fsp3) is 0.368. The van der Waals surface area contributed by atoms with Crippen LogP contribution in [0, 0.1) is 20.8 Å². The molecule has 1 fully saturated rings. The first-order chi connectivity index (χ1) is 12.9. The first-order valence-electron chi connectivity index (χ1n) is 9.31. The van der Waals surface area contributed by atoms with E-state index in [4.69, 9.17) is 6.40 Å². The fourth-order valence-corrected chi connectivity index (χ4v) is 3.91. The maximum absolute atomic E-state index is 12.3. The molecular weight excluding hydrogens is 328 g/mol. The normalized spacial score (nSPS) is 20.5. The lowest BCUT2D eigenvalue weighted by Crippen LogP contribution is -2.26. The number of aromatic nitrogens is 6. The van der Waals surface area contributed by atoms with E-state index in [0.29, 0.717) is 16.9 Å². The first-order valence-corrected chi connectivity index (χ1v) is 8.86. The SMILES string of the molecule is [2H]n1ncc2c(=O)[nH]c([C@H]3CC[C@H]3c3cn4cc(C)c(C)c(C)c4n3)nc21. The van der Waals surface area contributed by atoms with Gasteiger partial charge in [0.2, 0.25) is 0 Å². The Morgan fingerprint density at radius 2 is 1.96 bits per heavy atom. The second kappa shape index (κ2) is 5.27. The van der Waals surface area contributed by atoms with Gasteiger partial charge in [0.15, 0.2) is 7.06 Å². The molecule has 1 aliphatic carbocycles. The van der Waals surface area contributed by atoms with Crippen LogP contribution in [-0.4, -0.2) is 29.5 Å². The van der Waals surface area contributed by atoms with E-state index in [9.17, 15) is 4.79 Å². The van der Waals surface area contributed by atoms with Crippen molar-refractivity contribution in [3.63, 3.8) is 0 Å². The van der Waals surface area contributed by atoms with Crippen LogP contribution in [0.1, 0.15) is 52.9 Å². The van der Waals surface area contributed by atoms with E-state index >= 15 is 0 Å². The monoisotopic (exact) mass is 349 g/mol. The molecule has 0 radical (unpaired) electrons. The van der Waals surface area contributed by atoms with Crippen molar-refractivity contribution < 1.29 is 1.41 Å². The average Bonchev–Trinajstić information content (AvgIpc) is 3.17. The molecule has 0 bridgehead atoms. The Kier molecular flexibility index (Phi) is 2.88. The largest absolute Gasteiger partial charge is 0.310 e. The number of hydrogen-bond acceptors (Lipinski definition) is 4. The molecule has 26 heavy (non-hydrogen) atoms. The maximum Gasteiger partial charge on any atom is 0.262 e. The van der Waals surface area contributed by atoms with Crippen molar-refractivity contribution >= 4 is 16.7 Å². The molecule has 2 N–H and O–H groups in total. The van der Waals surface area contributed by atoms with Gasteiger partial charge in [0.05, 0.1) is 11.9 Å². The molecule has 7 nitrogen and oxygen atoms in total. The summed E-state index contributed by atoms with van der Waals surface area (Å²) in [5, 5.41) is 5.07. The van der Waals surface area contributed by atoms with Crippen LogP contribution >= 0.6 is 0 Å². The van der Waals surface area contributed by atoms with E-state index in [-0.39, 0.29) is 17.4 Å². The summed E-state index contributed by atoms with van der Waals surface area (Å²) in [5.74, 6) is 0.941. The number of pyridine rings is 1. The topological polar surface area (TPSA) is 91.7 Å². The van der Waals surface area contributed by atoms with Crippen molar-refractivity contribution in [2.75, 3.05) is 0 Å². The fourth-order valence-electron chi connectivity index (χ4n) is 3.91. The van der Waals surface area contributed by atoms with Gasteiger partial charge in [0.1, 0.15) is 16.9 Å². The Bertz CT molecular complexity index is 1270. The van der Waals surface area contributed by atoms with Crippen LogP contribution < -0.4 is 5.56 Å². The number of imidazole rings is 1. The zero-order valence-corrected chi connectivity index (χ0v) is 14.9. The molecule has 5 rings (SSSR count). The second-order valence-corrected chi connectivity index (χ2v) is 7.28. The number of hydrogen-bond donors (Lipinski definition) is 2. The second-order valence-electron chi connectivity index (χ2n) is 7.28. The summed E-state index contributed by atoms with van der Waals surface area (Å²) in [6.45, 7) is 6.34. The van der Waals surface area contributed by atoms with E-state index < -0.39 is 0 Å². The maximum atomic E-state index is 12.3. The number of nitrogens with zero attached hydrogens (tertiary/aromatic N) is 4. The molecule has 4 aromatic heterocycles. The van der Waals surface area contributed by atoms with Gasteiger partial charge >= 0.3 is 0 Å². The Hall–Kier alpha value is -2.96. The number of aromatic amines is 2. The molecule has 1 aliphatic rings. The summed E-state index contributed by atoms with van der Waals surface area (Å²) >= 11 is 0. The number of H-pyrrole nitrogens is 2. The van der Waals surface area contributed by atoms with Gasteiger partial charge in [0, 0.05) is 24.2 Å². The Labute approximate surface area is 151 Å². The van der Waals surface area contributed by atoms with E-state index in [2.05, 4.69) is 52.6 Å². The molecule has 132 valence electrons. The predicted molar refractivity (Wildman–Crippen MR) is 98.6 cm³/mol. The lowest BCUT2D eigenvalue weighted by atomic mass is 9.71. The molecule has 4 heterocycles. The molecule has 1 saturated carbocycles. The van der Waals surface area contributed by atoms with Crippen LogP contribution in [-0.2, 0) is 0 Å². The van der Waals surface area contributed by atoms with Crippen LogP contribution in [0.2, 0.25) is 1.41 Å². The minimum Gasteiger partial charge on any atom is -0.310 e. The molecule has 0 amide bonds. The molecule has 0 aliphatic heterocycles. The van der Waals surface area contributed by atoms with E-state index in [1.807, 2.05) is 0 Å². The number of fused-ring (bicyclic) bond motifs is 2. The summed E-state index contributed by atoms with van der Waals surface area (Å²) in [6.07, 6.45) is 7.54. The molecular formula is C19H20N6O. The van der Waals surface area contributed by atoms with E-state index in [0.717, 1.165) is 29.3 Å². The van der Waals surface area contributed by atoms with Crippen molar-refractivity contribution in [1.29, 1.82) is 0 Å². The van der Waals surface area contributed by atoms with Gasteiger partial charge in [-0.15, -0.1) is 0 Å². The van der Waals surface area contributed by atoms with Crippen molar-refractivity contribution in [1.82, 2.24) is 29.5 Å². The highest BCUT2D eigenvalue weighted by Crippen LogP contribution is 2.47. The third kappa shape index (κ3) is 2.06. The number of aryl methyl sites for hydroxylation is 2. The Balaban J connectivity index is 1.58. The summed E-state index contributed by atoms with van der Waals surface area (Å²) in [5.41, 5.74) is 5.79. The molecule has 0 aromatic carbocycles. The third-order valence-electron chi connectivity index (χ3n) is 5.87. The molecule has 2 atom stereocenters. The predicted octanol–water partition coefficient (Wildman–Crippen LogP) is 2.88. The summed E-state index contributed by atoms with van der Waals surface area (Å²) in [4.78, 5) is 24.6. The highest BCUT2D eigenvalue weighted by Gasteiger charge is 2.37. The van der Waals surface area contributed by atoms with E-state index in [1.165, 1.54) is 22.9 Å². The van der Waals surface area contributed by atoms with Crippen molar-refractivity contribution in [3.05, 3.63) is 57.2 Å². The molecule has 4 aromatic rings. The van der Waals surface area contributed by atoms with Gasteiger partial charge in [-0.25, -0.2) is 9.97 Å². The number of rotatable bonds is 2. The van der Waals surface area contributed by atoms with Crippen LogP contribution in [0.5, 0.6) is 0 Å². The van der Waals surface area contributed by atoms with Crippen LogP contribution in [0.4, 0.5) is 0 Å². The van der Waals surface area contributed by atoms with Crippen LogP contribution in [0.25, 0.3) is 16.7 Å². The van der Waals surface area contributed by atoms with Gasteiger partial charge in [-0.05, 0) is 50.3 Å². The number of nitrogens with one attached hydrogen (secondary N) is 2. The standard InChI is InChI=1S/C19H20N6O/c1-9-7-25-8-15(21-18(25)11(3)10(9)2)12-4-5-13(12)16-22-17-14(6-20-24-17)19(26)23-16/h6-8,12-13H,4-5H2,1-3H3,(H2,20,22,23,24,26)/t12-,13+/m1/s1/i/hD. The van der Waals surface area contributed by atoms with Crippen molar-refractivity contribution in [3.8, 4) is 0 Å². The van der Waals surface area contributed by atoms with Gasteiger partial charge < -0.3 is 9.38 Å². The molecule has 0 saturated heterocycles. The van der Waals surface area contributed by atoms with E-state index in [1.54, 1.807) is 0 Å².